The van der Waals surface area contributed by atoms with Crippen molar-refractivity contribution >= 4 is 11.8 Å². The number of benzene rings is 1. The lowest BCUT2D eigenvalue weighted by Crippen LogP contribution is -2.51. The molecule has 0 radical (unpaired) electrons. The minimum absolute atomic E-state index is 0.0432. The molecular weight excluding hydrogens is 318 g/mol. The summed E-state index contributed by atoms with van der Waals surface area (Å²) in [5.41, 5.74) is 1.69. The zero-order chi connectivity index (χ0) is 18.2. The van der Waals surface area contributed by atoms with Crippen LogP contribution in [0.4, 0.5) is 0 Å². The van der Waals surface area contributed by atoms with Crippen LogP contribution in [0.3, 0.4) is 0 Å². The van der Waals surface area contributed by atoms with Gasteiger partial charge in [-0.3, -0.25) is 14.5 Å². The van der Waals surface area contributed by atoms with Crippen molar-refractivity contribution in [1.29, 1.82) is 0 Å². The molecule has 2 rings (SSSR count). The van der Waals surface area contributed by atoms with Gasteiger partial charge in [0.15, 0.2) is 0 Å². The van der Waals surface area contributed by atoms with Crippen molar-refractivity contribution in [2.45, 2.75) is 32.9 Å². The van der Waals surface area contributed by atoms with E-state index in [0.29, 0.717) is 31.8 Å². The highest BCUT2D eigenvalue weighted by molar-refractivity contribution is 5.94. The van der Waals surface area contributed by atoms with Crippen LogP contribution in [0, 0.1) is 0 Å². The summed E-state index contributed by atoms with van der Waals surface area (Å²) in [6.45, 7) is 7.68. The van der Waals surface area contributed by atoms with Gasteiger partial charge in [0, 0.05) is 44.9 Å². The Bertz CT molecular complexity index is 583. The Morgan fingerprint density at radius 1 is 1.24 bits per heavy atom. The number of nitrogens with one attached hydrogen (secondary N) is 1. The van der Waals surface area contributed by atoms with Crippen LogP contribution in [0.15, 0.2) is 24.3 Å². The van der Waals surface area contributed by atoms with E-state index in [0.717, 1.165) is 25.1 Å². The molecule has 6 nitrogen and oxygen atoms in total. The van der Waals surface area contributed by atoms with Crippen molar-refractivity contribution in [2.75, 3.05) is 39.8 Å². The first-order valence-corrected chi connectivity index (χ1v) is 8.92. The fourth-order valence-electron chi connectivity index (χ4n) is 2.88. The van der Waals surface area contributed by atoms with E-state index >= 15 is 0 Å². The van der Waals surface area contributed by atoms with Crippen molar-refractivity contribution in [3.63, 3.8) is 0 Å². The maximum Gasteiger partial charge on any atom is 0.253 e. The van der Waals surface area contributed by atoms with Gasteiger partial charge in [0.25, 0.3) is 5.91 Å². The largest absolute Gasteiger partial charge is 0.380 e. The Balaban J connectivity index is 1.84. The molecule has 1 aromatic rings. The second-order valence-electron chi connectivity index (χ2n) is 6.58. The Kier molecular flexibility index (Phi) is 7.40. The number of piperazine rings is 1. The normalized spacial score (nSPS) is 16.5. The fraction of sp³-hybridized carbons (Fsp3) is 0.579. The molecule has 1 aliphatic rings. The van der Waals surface area contributed by atoms with Gasteiger partial charge in [0.1, 0.15) is 0 Å². The van der Waals surface area contributed by atoms with E-state index in [1.807, 2.05) is 36.1 Å². The van der Waals surface area contributed by atoms with E-state index < -0.39 is 0 Å². The first-order valence-electron chi connectivity index (χ1n) is 8.92. The number of hydrogen-bond acceptors (Lipinski definition) is 4. The Morgan fingerprint density at radius 2 is 1.96 bits per heavy atom. The Labute approximate surface area is 150 Å². The van der Waals surface area contributed by atoms with Crippen LogP contribution in [0.5, 0.6) is 0 Å². The molecule has 0 aliphatic carbocycles. The summed E-state index contributed by atoms with van der Waals surface area (Å²) in [5, 5.41) is 2.98. The van der Waals surface area contributed by atoms with Gasteiger partial charge in [-0.25, -0.2) is 0 Å². The summed E-state index contributed by atoms with van der Waals surface area (Å²) in [6, 6.07) is 7.77. The van der Waals surface area contributed by atoms with Gasteiger partial charge >= 0.3 is 0 Å². The average Bonchev–Trinajstić information content (AvgIpc) is 2.62. The molecule has 1 saturated heterocycles. The number of carbonyl (C=O) groups is 2. The van der Waals surface area contributed by atoms with Crippen LogP contribution >= 0.6 is 0 Å². The maximum atomic E-state index is 12.7. The third-order valence-corrected chi connectivity index (χ3v) is 4.53. The molecule has 0 aromatic heterocycles. The number of rotatable bonds is 7. The van der Waals surface area contributed by atoms with Crippen LogP contribution in [0.1, 0.15) is 36.2 Å². The minimum atomic E-state index is 0.0432. The highest BCUT2D eigenvalue weighted by Crippen LogP contribution is 2.12. The van der Waals surface area contributed by atoms with Crippen molar-refractivity contribution in [3.8, 4) is 0 Å². The lowest BCUT2D eigenvalue weighted by Gasteiger charge is -2.34. The SMILES string of the molecule is CCC(C)NC(=O)CN1CCN(C(=O)c2cccc(COC)c2)CC1. The molecule has 0 bridgehead atoms. The van der Waals surface area contributed by atoms with E-state index in [9.17, 15) is 9.59 Å². The van der Waals surface area contributed by atoms with Crippen LogP contribution < -0.4 is 5.32 Å². The molecule has 1 aromatic carbocycles. The summed E-state index contributed by atoms with van der Waals surface area (Å²) in [5.74, 6) is 0.100. The number of nitrogens with zero attached hydrogens (tertiary/aromatic N) is 2. The first kappa shape index (κ1) is 19.4. The quantitative estimate of drug-likeness (QED) is 0.812. The second kappa shape index (κ2) is 9.53. The number of carbonyl (C=O) groups excluding carboxylic acids is 2. The van der Waals surface area contributed by atoms with Gasteiger partial charge in [0.2, 0.25) is 5.91 Å². The molecule has 1 unspecified atom stereocenters. The summed E-state index contributed by atoms with van der Waals surface area (Å²) < 4.78 is 5.13. The Hall–Kier alpha value is -1.92. The van der Waals surface area contributed by atoms with Crippen molar-refractivity contribution < 1.29 is 14.3 Å². The summed E-state index contributed by atoms with van der Waals surface area (Å²) >= 11 is 0. The van der Waals surface area contributed by atoms with Gasteiger partial charge in [-0.1, -0.05) is 19.1 Å². The molecule has 1 fully saturated rings. The average molecular weight is 347 g/mol. The van der Waals surface area contributed by atoms with Gasteiger partial charge < -0.3 is 15.0 Å². The standard InChI is InChI=1S/C19H29N3O3/c1-4-15(2)20-18(23)13-21-8-10-22(11-9-21)19(24)17-7-5-6-16(12-17)14-25-3/h5-7,12,15H,4,8-11,13-14H2,1-3H3,(H,20,23). The molecule has 25 heavy (non-hydrogen) atoms. The molecule has 1 atom stereocenters. The summed E-state index contributed by atoms with van der Waals surface area (Å²) in [4.78, 5) is 28.6. The highest BCUT2D eigenvalue weighted by Gasteiger charge is 2.23. The molecule has 1 heterocycles. The number of ether oxygens (including phenoxy) is 1. The highest BCUT2D eigenvalue weighted by atomic mass is 16.5. The van der Waals surface area contributed by atoms with Gasteiger partial charge in [-0.2, -0.15) is 0 Å². The predicted octanol–water partition coefficient (Wildman–Crippen LogP) is 1.51. The summed E-state index contributed by atoms with van der Waals surface area (Å²) in [7, 11) is 1.64. The fourth-order valence-corrected chi connectivity index (χ4v) is 2.88. The van der Waals surface area contributed by atoms with Crippen LogP contribution in [-0.4, -0.2) is 67.5 Å². The molecule has 6 heteroatoms. The number of methoxy groups -OCH3 is 1. The minimum Gasteiger partial charge on any atom is -0.380 e. The molecule has 138 valence electrons. The lowest BCUT2D eigenvalue weighted by molar-refractivity contribution is -0.123. The van der Waals surface area contributed by atoms with E-state index in [4.69, 9.17) is 4.74 Å². The first-order chi connectivity index (χ1) is 12.0. The molecular formula is C19H29N3O3. The monoisotopic (exact) mass is 347 g/mol. The lowest BCUT2D eigenvalue weighted by atomic mass is 10.1. The van der Waals surface area contributed by atoms with E-state index in [1.54, 1.807) is 7.11 Å². The van der Waals surface area contributed by atoms with Crippen LogP contribution in [0.2, 0.25) is 0 Å². The van der Waals surface area contributed by atoms with Gasteiger partial charge in [0.05, 0.1) is 13.2 Å². The van der Waals surface area contributed by atoms with Crippen molar-refractivity contribution in [2.24, 2.45) is 0 Å². The van der Waals surface area contributed by atoms with Gasteiger partial charge in [-0.15, -0.1) is 0 Å². The van der Waals surface area contributed by atoms with Crippen molar-refractivity contribution in [1.82, 2.24) is 15.1 Å². The third-order valence-electron chi connectivity index (χ3n) is 4.53. The predicted molar refractivity (Wildman–Crippen MR) is 97.4 cm³/mol. The molecule has 2 amide bonds. The van der Waals surface area contributed by atoms with Crippen LogP contribution in [-0.2, 0) is 16.1 Å². The third kappa shape index (κ3) is 5.83. The van der Waals surface area contributed by atoms with E-state index in [-0.39, 0.29) is 17.9 Å². The topological polar surface area (TPSA) is 61.9 Å². The smallest absolute Gasteiger partial charge is 0.253 e. The van der Waals surface area contributed by atoms with Gasteiger partial charge in [-0.05, 0) is 31.0 Å². The molecule has 1 aliphatic heterocycles. The second-order valence-corrected chi connectivity index (χ2v) is 6.58. The molecule has 0 spiro atoms. The summed E-state index contributed by atoms with van der Waals surface area (Å²) in [6.07, 6.45) is 0.927. The Morgan fingerprint density at radius 3 is 2.60 bits per heavy atom. The maximum absolute atomic E-state index is 12.7. The van der Waals surface area contributed by atoms with E-state index in [1.165, 1.54) is 0 Å². The zero-order valence-corrected chi connectivity index (χ0v) is 15.5. The number of hydrogen-bond donors (Lipinski definition) is 1. The van der Waals surface area contributed by atoms with E-state index in [2.05, 4.69) is 17.1 Å². The van der Waals surface area contributed by atoms with Crippen molar-refractivity contribution in [3.05, 3.63) is 35.4 Å². The molecule has 0 saturated carbocycles. The molecule has 1 N–H and O–H groups in total. The number of amides is 2. The zero-order valence-electron chi connectivity index (χ0n) is 15.5. The van der Waals surface area contributed by atoms with Crippen LogP contribution in [0.25, 0.3) is 0 Å².